The van der Waals surface area contributed by atoms with Crippen molar-refractivity contribution in [2.75, 3.05) is 7.05 Å². The average Bonchev–Trinajstić information content (AvgIpc) is 2.83. The minimum Gasteiger partial charge on any atom is -0.489 e. The van der Waals surface area contributed by atoms with Crippen LogP contribution >= 0.6 is 0 Å². The smallest absolute Gasteiger partial charge is 0.329 e. The third-order valence-corrected chi connectivity index (χ3v) is 4.65. The lowest BCUT2D eigenvalue weighted by atomic mass is 10.1. The molecule has 160 valence electrons. The van der Waals surface area contributed by atoms with E-state index in [4.69, 9.17) is 9.47 Å². The first-order valence-electron chi connectivity index (χ1n) is 10.1. The Bertz CT molecular complexity index is 960. The van der Waals surface area contributed by atoms with Gasteiger partial charge in [-0.1, -0.05) is 72.8 Å². The van der Waals surface area contributed by atoms with E-state index >= 15 is 0 Å². The molecule has 1 atom stereocenters. The highest BCUT2D eigenvalue weighted by Crippen LogP contribution is 2.16. The Balaban J connectivity index is 1.59. The molecule has 3 aromatic rings. The van der Waals surface area contributed by atoms with Crippen LogP contribution in [0.3, 0.4) is 0 Å². The van der Waals surface area contributed by atoms with E-state index in [-0.39, 0.29) is 6.61 Å². The number of ether oxygens (including phenoxy) is 2. The van der Waals surface area contributed by atoms with Crippen LogP contribution in [-0.4, -0.2) is 25.1 Å². The monoisotopic (exact) mass is 418 g/mol. The molecule has 6 heteroatoms. The predicted molar refractivity (Wildman–Crippen MR) is 119 cm³/mol. The largest absolute Gasteiger partial charge is 0.489 e. The maximum Gasteiger partial charge on any atom is 0.329 e. The standard InChI is InChI=1S/C25H26N2O4/c1-26-25(29)27-23(24(28)31-18-21-10-6-3-7-11-21)16-19-12-14-22(15-13-19)30-17-20-8-4-2-5-9-20/h2-15,23H,16-18H2,1H3,(H2,26,27,29)/t23-/m0/s1. The number of rotatable bonds is 9. The van der Waals surface area contributed by atoms with Gasteiger partial charge >= 0.3 is 12.0 Å². The number of esters is 1. The molecule has 0 spiro atoms. The lowest BCUT2D eigenvalue weighted by Crippen LogP contribution is -2.46. The summed E-state index contributed by atoms with van der Waals surface area (Å²) in [5, 5.41) is 5.13. The summed E-state index contributed by atoms with van der Waals surface area (Å²) in [6.45, 7) is 0.630. The highest BCUT2D eigenvalue weighted by atomic mass is 16.5. The van der Waals surface area contributed by atoms with Crippen LogP contribution in [-0.2, 0) is 29.2 Å². The van der Waals surface area contributed by atoms with E-state index in [0.717, 1.165) is 22.4 Å². The first-order chi connectivity index (χ1) is 15.1. The Morgan fingerprint density at radius 3 is 1.94 bits per heavy atom. The number of hydrogen-bond acceptors (Lipinski definition) is 4. The van der Waals surface area contributed by atoms with Gasteiger partial charge in [-0.3, -0.25) is 0 Å². The summed E-state index contributed by atoms with van der Waals surface area (Å²) in [6.07, 6.45) is 0.306. The van der Waals surface area contributed by atoms with Gasteiger partial charge in [-0.05, 0) is 28.8 Å². The third-order valence-electron chi connectivity index (χ3n) is 4.65. The zero-order valence-electron chi connectivity index (χ0n) is 17.4. The first kappa shape index (κ1) is 21.9. The van der Waals surface area contributed by atoms with Crippen LogP contribution in [0.25, 0.3) is 0 Å². The number of carbonyl (C=O) groups excluding carboxylic acids is 2. The van der Waals surface area contributed by atoms with Crippen molar-refractivity contribution in [3.05, 3.63) is 102 Å². The maximum atomic E-state index is 12.6. The van der Waals surface area contributed by atoms with Crippen LogP contribution in [0.5, 0.6) is 5.75 Å². The lowest BCUT2D eigenvalue weighted by Gasteiger charge is -2.18. The number of carbonyl (C=O) groups is 2. The summed E-state index contributed by atoms with van der Waals surface area (Å²) in [5.74, 6) is 0.243. The topological polar surface area (TPSA) is 76.7 Å². The molecule has 0 unspecified atom stereocenters. The normalized spacial score (nSPS) is 11.3. The zero-order valence-corrected chi connectivity index (χ0v) is 17.4. The minimum absolute atomic E-state index is 0.151. The molecular weight excluding hydrogens is 392 g/mol. The lowest BCUT2D eigenvalue weighted by molar-refractivity contribution is -0.147. The van der Waals surface area contributed by atoms with Gasteiger partial charge in [0.05, 0.1) is 0 Å². The first-order valence-corrected chi connectivity index (χ1v) is 10.1. The van der Waals surface area contributed by atoms with Crippen molar-refractivity contribution in [1.82, 2.24) is 10.6 Å². The fraction of sp³-hybridized carbons (Fsp3) is 0.200. The molecule has 0 aliphatic rings. The van der Waals surface area contributed by atoms with Crippen LogP contribution in [0.2, 0.25) is 0 Å². The van der Waals surface area contributed by atoms with Crippen molar-refractivity contribution in [1.29, 1.82) is 0 Å². The summed E-state index contributed by atoms with van der Waals surface area (Å²) in [7, 11) is 1.50. The van der Waals surface area contributed by atoms with E-state index in [2.05, 4.69) is 10.6 Å². The van der Waals surface area contributed by atoms with Gasteiger partial charge in [-0.25, -0.2) is 9.59 Å². The van der Waals surface area contributed by atoms with Crippen LogP contribution in [0.4, 0.5) is 4.79 Å². The Morgan fingerprint density at radius 1 is 0.774 bits per heavy atom. The van der Waals surface area contributed by atoms with Gasteiger partial charge in [0.2, 0.25) is 0 Å². The zero-order chi connectivity index (χ0) is 21.9. The molecular formula is C25H26N2O4. The van der Waals surface area contributed by atoms with Crippen LogP contribution in [0.15, 0.2) is 84.9 Å². The average molecular weight is 418 g/mol. The Hall–Kier alpha value is -3.80. The van der Waals surface area contributed by atoms with Crippen LogP contribution < -0.4 is 15.4 Å². The molecule has 3 rings (SSSR count). The van der Waals surface area contributed by atoms with Crippen molar-refractivity contribution in [2.24, 2.45) is 0 Å². The van der Waals surface area contributed by atoms with E-state index in [1.807, 2.05) is 84.9 Å². The van der Waals surface area contributed by atoms with E-state index in [0.29, 0.717) is 13.0 Å². The summed E-state index contributed by atoms with van der Waals surface area (Å²) in [6, 6.07) is 25.5. The van der Waals surface area contributed by atoms with Gasteiger partial charge < -0.3 is 20.1 Å². The van der Waals surface area contributed by atoms with Crippen LogP contribution in [0, 0.1) is 0 Å². The third kappa shape index (κ3) is 7.19. The Labute approximate surface area is 182 Å². The maximum absolute atomic E-state index is 12.6. The molecule has 0 radical (unpaired) electrons. The molecule has 6 nitrogen and oxygen atoms in total. The van der Waals surface area contributed by atoms with Crippen molar-refractivity contribution in [2.45, 2.75) is 25.7 Å². The SMILES string of the molecule is CNC(=O)N[C@@H](Cc1ccc(OCc2ccccc2)cc1)C(=O)OCc1ccccc1. The van der Waals surface area contributed by atoms with E-state index in [1.54, 1.807) is 0 Å². The molecule has 2 N–H and O–H groups in total. The summed E-state index contributed by atoms with van der Waals surface area (Å²) < 4.78 is 11.2. The molecule has 31 heavy (non-hydrogen) atoms. The van der Waals surface area contributed by atoms with Crippen LogP contribution in [0.1, 0.15) is 16.7 Å². The van der Waals surface area contributed by atoms with Gasteiger partial charge in [0.25, 0.3) is 0 Å². The summed E-state index contributed by atoms with van der Waals surface area (Å²) in [4.78, 5) is 24.4. The molecule has 0 saturated carbocycles. The molecule has 0 saturated heterocycles. The number of hydrogen-bond donors (Lipinski definition) is 2. The van der Waals surface area contributed by atoms with Crippen molar-refractivity contribution >= 4 is 12.0 Å². The van der Waals surface area contributed by atoms with Gasteiger partial charge in [-0.2, -0.15) is 0 Å². The number of amides is 2. The Kier molecular flexibility index (Phi) is 8.05. The number of nitrogens with one attached hydrogen (secondary N) is 2. The summed E-state index contributed by atoms with van der Waals surface area (Å²) in [5.41, 5.74) is 2.85. The predicted octanol–water partition coefficient (Wildman–Crippen LogP) is 3.85. The second kappa shape index (κ2) is 11.4. The molecule has 2 amide bonds. The quantitative estimate of drug-likeness (QED) is 0.518. The second-order valence-electron chi connectivity index (χ2n) is 6.99. The number of urea groups is 1. The van der Waals surface area contributed by atoms with Crippen molar-refractivity contribution in [3.8, 4) is 5.75 Å². The van der Waals surface area contributed by atoms with E-state index < -0.39 is 18.0 Å². The highest BCUT2D eigenvalue weighted by molar-refractivity contribution is 5.83. The second-order valence-corrected chi connectivity index (χ2v) is 6.99. The molecule has 0 aliphatic carbocycles. The fourth-order valence-corrected chi connectivity index (χ4v) is 2.95. The molecule has 0 aliphatic heterocycles. The van der Waals surface area contributed by atoms with Gasteiger partial charge in [0, 0.05) is 13.5 Å². The molecule has 0 bridgehead atoms. The molecule has 0 aromatic heterocycles. The fourth-order valence-electron chi connectivity index (χ4n) is 2.95. The summed E-state index contributed by atoms with van der Waals surface area (Å²) >= 11 is 0. The van der Waals surface area contributed by atoms with E-state index in [1.165, 1.54) is 7.05 Å². The molecule has 3 aromatic carbocycles. The van der Waals surface area contributed by atoms with Crippen molar-refractivity contribution in [3.63, 3.8) is 0 Å². The Morgan fingerprint density at radius 2 is 1.35 bits per heavy atom. The van der Waals surface area contributed by atoms with E-state index in [9.17, 15) is 9.59 Å². The minimum atomic E-state index is -0.806. The van der Waals surface area contributed by atoms with Crippen molar-refractivity contribution < 1.29 is 19.1 Å². The van der Waals surface area contributed by atoms with Gasteiger partial charge in [0.1, 0.15) is 25.0 Å². The molecule has 0 heterocycles. The molecule has 0 fully saturated rings. The van der Waals surface area contributed by atoms with Gasteiger partial charge in [-0.15, -0.1) is 0 Å². The number of benzene rings is 3. The highest BCUT2D eigenvalue weighted by Gasteiger charge is 2.22. The van der Waals surface area contributed by atoms with Gasteiger partial charge in [0.15, 0.2) is 0 Å².